The number of allylic oxidation sites excluding steroid dienone is 1. The second-order valence-corrected chi connectivity index (χ2v) is 7.33. The number of carbonyl (C=O) groups excluding carboxylic acids is 2. The number of esters is 1. The Kier molecular flexibility index (Phi) is 6.44. The van der Waals surface area contributed by atoms with Crippen molar-refractivity contribution in [1.29, 1.82) is 0 Å². The number of nitrogens with one attached hydrogen (secondary N) is 2. The molecular weight excluding hydrogens is 360 g/mol. The number of phenolic OH excluding ortho intramolecular Hbond substituents is 1. The number of amides is 2. The molecule has 1 aromatic carbocycles. The minimum absolute atomic E-state index is 0.00740. The third kappa shape index (κ3) is 4.58. The van der Waals surface area contributed by atoms with Crippen molar-refractivity contribution < 1.29 is 24.2 Å². The third-order valence-corrected chi connectivity index (χ3v) is 5.28. The molecule has 7 heteroatoms. The van der Waals surface area contributed by atoms with Crippen molar-refractivity contribution in [3.63, 3.8) is 0 Å². The van der Waals surface area contributed by atoms with Crippen molar-refractivity contribution >= 4 is 12.0 Å². The molecule has 1 saturated carbocycles. The largest absolute Gasteiger partial charge is 0.504 e. The molecule has 1 aliphatic heterocycles. The maximum atomic E-state index is 12.9. The van der Waals surface area contributed by atoms with Gasteiger partial charge in [0, 0.05) is 5.70 Å². The van der Waals surface area contributed by atoms with E-state index in [9.17, 15) is 14.7 Å². The maximum absolute atomic E-state index is 12.9. The van der Waals surface area contributed by atoms with Crippen LogP contribution in [0.15, 0.2) is 29.5 Å². The molecule has 1 fully saturated rings. The van der Waals surface area contributed by atoms with Gasteiger partial charge in [0.05, 0.1) is 24.8 Å². The van der Waals surface area contributed by atoms with Crippen molar-refractivity contribution in [3.05, 3.63) is 35.0 Å². The topological polar surface area (TPSA) is 96.9 Å². The van der Waals surface area contributed by atoms with Crippen molar-refractivity contribution in [2.75, 3.05) is 13.2 Å². The number of hydrogen-bond donors (Lipinski definition) is 3. The van der Waals surface area contributed by atoms with Crippen LogP contribution in [-0.4, -0.2) is 30.3 Å². The number of urea groups is 1. The van der Waals surface area contributed by atoms with Gasteiger partial charge < -0.3 is 25.2 Å². The summed E-state index contributed by atoms with van der Waals surface area (Å²) in [5.74, 6) is 0.279. The highest BCUT2D eigenvalue weighted by molar-refractivity contribution is 5.95. The number of aromatic hydroxyl groups is 1. The summed E-state index contributed by atoms with van der Waals surface area (Å²) in [5.41, 5.74) is 1.47. The lowest BCUT2D eigenvalue weighted by Crippen LogP contribution is -2.45. The Morgan fingerprint density at radius 3 is 2.71 bits per heavy atom. The fourth-order valence-corrected chi connectivity index (χ4v) is 3.82. The molecule has 2 aliphatic rings. The molecule has 0 spiro atoms. The molecule has 0 unspecified atom stereocenters. The fraction of sp³-hybridized carbons (Fsp3) is 0.524. The lowest BCUT2D eigenvalue weighted by Gasteiger charge is -2.29. The van der Waals surface area contributed by atoms with Crippen LogP contribution in [0.2, 0.25) is 0 Å². The molecule has 28 heavy (non-hydrogen) atoms. The van der Waals surface area contributed by atoms with E-state index in [1.807, 2.05) is 6.92 Å². The van der Waals surface area contributed by atoms with Gasteiger partial charge in [0.25, 0.3) is 0 Å². The van der Waals surface area contributed by atoms with Gasteiger partial charge in [-0.2, -0.15) is 0 Å². The van der Waals surface area contributed by atoms with Crippen LogP contribution in [0.1, 0.15) is 57.6 Å². The van der Waals surface area contributed by atoms with E-state index in [1.54, 1.807) is 19.1 Å². The Morgan fingerprint density at radius 2 is 2.00 bits per heavy atom. The summed E-state index contributed by atoms with van der Waals surface area (Å²) in [5, 5.41) is 15.4. The summed E-state index contributed by atoms with van der Waals surface area (Å²) in [7, 11) is 0. The zero-order chi connectivity index (χ0) is 20.1. The van der Waals surface area contributed by atoms with Gasteiger partial charge in [-0.15, -0.1) is 0 Å². The first-order chi connectivity index (χ1) is 13.5. The SMILES string of the molecule is CCOc1cc([C@H]2NC(=O)NC(C)=C2C(=O)OCC2CCCCC2)ccc1O. The zero-order valence-electron chi connectivity index (χ0n) is 16.4. The van der Waals surface area contributed by atoms with E-state index < -0.39 is 18.0 Å². The van der Waals surface area contributed by atoms with Gasteiger partial charge in [0.2, 0.25) is 0 Å². The van der Waals surface area contributed by atoms with E-state index in [2.05, 4.69) is 10.6 Å². The van der Waals surface area contributed by atoms with Crippen molar-refractivity contribution in [1.82, 2.24) is 10.6 Å². The van der Waals surface area contributed by atoms with E-state index in [1.165, 1.54) is 25.3 Å². The summed E-state index contributed by atoms with van der Waals surface area (Å²) in [4.78, 5) is 24.9. The second kappa shape index (κ2) is 8.99. The van der Waals surface area contributed by atoms with Crippen molar-refractivity contribution in [3.8, 4) is 11.5 Å². The lowest BCUT2D eigenvalue weighted by molar-refractivity contribution is -0.141. The molecule has 1 aliphatic carbocycles. The van der Waals surface area contributed by atoms with E-state index in [4.69, 9.17) is 9.47 Å². The molecule has 152 valence electrons. The van der Waals surface area contributed by atoms with Crippen molar-refractivity contribution in [2.45, 2.75) is 52.0 Å². The van der Waals surface area contributed by atoms with E-state index in [-0.39, 0.29) is 5.75 Å². The number of hydrogen-bond acceptors (Lipinski definition) is 5. The first-order valence-electron chi connectivity index (χ1n) is 9.90. The fourth-order valence-electron chi connectivity index (χ4n) is 3.82. The van der Waals surface area contributed by atoms with Gasteiger partial charge in [-0.1, -0.05) is 25.3 Å². The van der Waals surface area contributed by atoms with E-state index >= 15 is 0 Å². The normalized spacial score (nSPS) is 20.4. The number of rotatable bonds is 6. The molecule has 0 aromatic heterocycles. The van der Waals surface area contributed by atoms with Gasteiger partial charge in [0.1, 0.15) is 0 Å². The van der Waals surface area contributed by atoms with Crippen LogP contribution in [0.4, 0.5) is 4.79 Å². The van der Waals surface area contributed by atoms with Gasteiger partial charge >= 0.3 is 12.0 Å². The molecule has 0 bridgehead atoms. The summed E-state index contributed by atoms with van der Waals surface area (Å²) >= 11 is 0. The number of ether oxygens (including phenoxy) is 2. The van der Waals surface area contributed by atoms with Crippen LogP contribution in [-0.2, 0) is 9.53 Å². The predicted molar refractivity (Wildman–Crippen MR) is 104 cm³/mol. The molecule has 7 nitrogen and oxygen atoms in total. The highest BCUT2D eigenvalue weighted by Crippen LogP contribution is 2.34. The average Bonchev–Trinajstić information content (AvgIpc) is 2.68. The average molecular weight is 388 g/mol. The summed E-state index contributed by atoms with van der Waals surface area (Å²) < 4.78 is 11.0. The molecule has 0 saturated heterocycles. The quantitative estimate of drug-likeness (QED) is 0.648. The summed E-state index contributed by atoms with van der Waals surface area (Å²) in [6.45, 7) is 4.29. The highest BCUT2D eigenvalue weighted by atomic mass is 16.5. The molecule has 1 heterocycles. The van der Waals surface area contributed by atoms with Crippen LogP contribution >= 0.6 is 0 Å². The van der Waals surface area contributed by atoms with Crippen LogP contribution in [0.5, 0.6) is 11.5 Å². The number of phenols is 1. The minimum atomic E-state index is -0.674. The molecule has 1 aromatic rings. The Labute approximate surface area is 165 Å². The van der Waals surface area contributed by atoms with Gasteiger partial charge in [-0.3, -0.25) is 0 Å². The smallest absolute Gasteiger partial charge is 0.338 e. The first kappa shape index (κ1) is 20.0. The molecule has 3 rings (SSSR count). The van der Waals surface area contributed by atoms with Crippen LogP contribution < -0.4 is 15.4 Å². The molecule has 3 N–H and O–H groups in total. The highest BCUT2D eigenvalue weighted by Gasteiger charge is 2.33. The number of benzene rings is 1. The molecule has 0 radical (unpaired) electrons. The summed E-state index contributed by atoms with van der Waals surface area (Å²) in [6, 6.07) is 3.73. The Morgan fingerprint density at radius 1 is 1.25 bits per heavy atom. The van der Waals surface area contributed by atoms with Crippen LogP contribution in [0, 0.1) is 5.92 Å². The summed E-state index contributed by atoms with van der Waals surface area (Å²) in [6.07, 6.45) is 5.77. The Bertz CT molecular complexity index is 768. The van der Waals surface area contributed by atoms with E-state index in [0.29, 0.717) is 41.7 Å². The first-order valence-corrected chi connectivity index (χ1v) is 9.90. The monoisotopic (exact) mass is 388 g/mol. The predicted octanol–water partition coefficient (Wildman–Crippen LogP) is 3.54. The van der Waals surface area contributed by atoms with Gasteiger partial charge in [-0.25, -0.2) is 9.59 Å². The van der Waals surface area contributed by atoms with Crippen LogP contribution in [0.25, 0.3) is 0 Å². The molecule has 2 amide bonds. The second-order valence-electron chi connectivity index (χ2n) is 7.33. The Balaban J connectivity index is 1.82. The maximum Gasteiger partial charge on any atom is 0.338 e. The van der Waals surface area contributed by atoms with Gasteiger partial charge in [-0.05, 0) is 50.3 Å². The van der Waals surface area contributed by atoms with Gasteiger partial charge in [0.15, 0.2) is 11.5 Å². The molecule has 1 atom stereocenters. The third-order valence-electron chi connectivity index (χ3n) is 5.28. The number of carbonyl (C=O) groups is 2. The van der Waals surface area contributed by atoms with Crippen molar-refractivity contribution in [2.24, 2.45) is 5.92 Å². The zero-order valence-corrected chi connectivity index (χ0v) is 16.4. The Hall–Kier alpha value is -2.70. The lowest BCUT2D eigenvalue weighted by atomic mass is 9.90. The molecular formula is C21H28N2O5. The van der Waals surface area contributed by atoms with E-state index in [0.717, 1.165) is 12.8 Å². The standard InChI is InChI=1S/C21H28N2O5/c1-3-27-17-11-15(9-10-16(17)24)19-18(13(2)22-21(26)23-19)20(25)28-12-14-7-5-4-6-8-14/h9-11,14,19,24H,3-8,12H2,1-2H3,(H2,22,23,26)/t19-/m1/s1. The van der Waals surface area contributed by atoms with Crippen LogP contribution in [0.3, 0.4) is 0 Å². The minimum Gasteiger partial charge on any atom is -0.504 e.